The number of hydrogen-bond acceptors (Lipinski definition) is 7. The van der Waals surface area contributed by atoms with E-state index in [9.17, 15) is 4.79 Å². The molecular weight excluding hydrogens is 314 g/mol. The van der Waals surface area contributed by atoms with Gasteiger partial charge in [0.2, 0.25) is 0 Å². The maximum atomic E-state index is 11.1. The Morgan fingerprint density at radius 3 is 3.00 bits per heavy atom. The van der Waals surface area contributed by atoms with Crippen molar-refractivity contribution >= 4 is 6.09 Å². The summed E-state index contributed by atoms with van der Waals surface area (Å²) in [6, 6.07) is 3.89. The van der Waals surface area contributed by atoms with Crippen LogP contribution in [-0.4, -0.2) is 73.6 Å². The van der Waals surface area contributed by atoms with Gasteiger partial charge in [-0.2, -0.15) is 4.68 Å². The summed E-state index contributed by atoms with van der Waals surface area (Å²) >= 11 is 0. The Bertz CT molecular complexity index is 662. The monoisotopic (exact) mass is 333 g/mol. The molecule has 10 heteroatoms. The summed E-state index contributed by atoms with van der Waals surface area (Å²) in [4.78, 5) is 16.8. The molecule has 2 aromatic heterocycles. The topological polar surface area (TPSA) is 118 Å². The first-order chi connectivity index (χ1) is 11.7. The molecule has 1 aliphatic heterocycles. The highest BCUT2D eigenvalue weighted by Gasteiger charge is 2.31. The van der Waals surface area contributed by atoms with Gasteiger partial charge in [0.25, 0.3) is 0 Å². The number of methoxy groups -OCH3 is 1. The fraction of sp³-hybridized carbons (Fsp3) is 0.500. The van der Waals surface area contributed by atoms with Crippen LogP contribution in [0.15, 0.2) is 24.7 Å². The Kier molecular flexibility index (Phi) is 4.96. The van der Waals surface area contributed by atoms with E-state index in [-0.39, 0.29) is 12.1 Å². The molecule has 2 aromatic rings. The van der Waals surface area contributed by atoms with Crippen LogP contribution in [0.3, 0.4) is 0 Å². The SMILES string of the molecule is COC1CN(C(=O)O)CCC1NCc1ccc(-n2cnnn2)nc1. The van der Waals surface area contributed by atoms with Crippen molar-refractivity contribution in [3.63, 3.8) is 0 Å². The molecule has 0 bridgehead atoms. The molecule has 24 heavy (non-hydrogen) atoms. The van der Waals surface area contributed by atoms with Crippen LogP contribution in [0.1, 0.15) is 12.0 Å². The van der Waals surface area contributed by atoms with E-state index in [0.29, 0.717) is 31.9 Å². The molecule has 2 N–H and O–H groups in total. The van der Waals surface area contributed by atoms with Gasteiger partial charge in [-0.25, -0.2) is 9.78 Å². The predicted molar refractivity (Wildman–Crippen MR) is 82.6 cm³/mol. The van der Waals surface area contributed by atoms with Gasteiger partial charge in [-0.15, -0.1) is 5.10 Å². The number of amides is 1. The molecule has 2 atom stereocenters. The van der Waals surface area contributed by atoms with E-state index in [1.54, 1.807) is 13.3 Å². The predicted octanol–water partition coefficient (Wildman–Crippen LogP) is -0.0858. The largest absolute Gasteiger partial charge is 0.465 e. The van der Waals surface area contributed by atoms with Crippen LogP contribution in [0.5, 0.6) is 0 Å². The molecule has 3 rings (SSSR count). The number of hydrogen-bond donors (Lipinski definition) is 2. The van der Waals surface area contributed by atoms with E-state index in [0.717, 1.165) is 5.56 Å². The Balaban J connectivity index is 1.56. The van der Waals surface area contributed by atoms with Gasteiger partial charge in [-0.1, -0.05) is 6.07 Å². The maximum Gasteiger partial charge on any atom is 0.407 e. The average molecular weight is 333 g/mol. The molecule has 1 amide bonds. The lowest BCUT2D eigenvalue weighted by atomic mass is 10.0. The quantitative estimate of drug-likeness (QED) is 0.779. The molecule has 3 heterocycles. The van der Waals surface area contributed by atoms with Crippen LogP contribution in [-0.2, 0) is 11.3 Å². The number of piperidine rings is 1. The summed E-state index contributed by atoms with van der Waals surface area (Å²) in [5, 5.41) is 23.4. The van der Waals surface area contributed by atoms with Crippen molar-refractivity contribution < 1.29 is 14.6 Å². The van der Waals surface area contributed by atoms with Crippen LogP contribution in [0.4, 0.5) is 4.79 Å². The van der Waals surface area contributed by atoms with Gasteiger partial charge in [-0.3, -0.25) is 0 Å². The summed E-state index contributed by atoms with van der Waals surface area (Å²) in [6.45, 7) is 1.50. The zero-order valence-corrected chi connectivity index (χ0v) is 13.2. The van der Waals surface area contributed by atoms with E-state index < -0.39 is 6.09 Å². The second-order valence-electron chi connectivity index (χ2n) is 5.56. The Labute approximate surface area is 138 Å². The minimum absolute atomic E-state index is 0.102. The van der Waals surface area contributed by atoms with Crippen molar-refractivity contribution in [1.82, 2.24) is 35.4 Å². The number of ether oxygens (including phenoxy) is 1. The zero-order valence-electron chi connectivity index (χ0n) is 13.2. The Morgan fingerprint density at radius 1 is 1.50 bits per heavy atom. The molecule has 2 unspecified atom stereocenters. The molecule has 1 aliphatic rings. The molecule has 0 radical (unpaired) electrons. The minimum Gasteiger partial charge on any atom is -0.465 e. The van der Waals surface area contributed by atoms with Crippen molar-refractivity contribution in [2.24, 2.45) is 0 Å². The van der Waals surface area contributed by atoms with Crippen molar-refractivity contribution in [2.45, 2.75) is 25.1 Å². The first-order valence-corrected chi connectivity index (χ1v) is 7.59. The third kappa shape index (κ3) is 3.66. The van der Waals surface area contributed by atoms with Crippen LogP contribution < -0.4 is 5.32 Å². The number of tetrazole rings is 1. The number of likely N-dealkylation sites (tertiary alicyclic amines) is 1. The van der Waals surface area contributed by atoms with Crippen molar-refractivity contribution in [2.75, 3.05) is 20.2 Å². The van der Waals surface area contributed by atoms with Crippen molar-refractivity contribution in [3.05, 3.63) is 30.2 Å². The molecule has 0 saturated carbocycles. The molecule has 0 spiro atoms. The number of aromatic nitrogens is 5. The second-order valence-corrected chi connectivity index (χ2v) is 5.56. The Morgan fingerprint density at radius 2 is 2.38 bits per heavy atom. The number of nitrogens with zero attached hydrogens (tertiary/aromatic N) is 6. The number of nitrogens with one attached hydrogen (secondary N) is 1. The number of pyridine rings is 1. The van der Waals surface area contributed by atoms with Crippen LogP contribution in [0.25, 0.3) is 5.82 Å². The fourth-order valence-corrected chi connectivity index (χ4v) is 2.73. The number of carbonyl (C=O) groups is 1. The fourth-order valence-electron chi connectivity index (χ4n) is 2.73. The summed E-state index contributed by atoms with van der Waals surface area (Å²) in [6.07, 6.45) is 2.89. The summed E-state index contributed by atoms with van der Waals surface area (Å²) in [7, 11) is 1.60. The van der Waals surface area contributed by atoms with Gasteiger partial charge < -0.3 is 20.1 Å². The van der Waals surface area contributed by atoms with E-state index in [2.05, 4.69) is 25.8 Å². The van der Waals surface area contributed by atoms with E-state index in [1.165, 1.54) is 15.9 Å². The van der Waals surface area contributed by atoms with Gasteiger partial charge in [-0.05, 0) is 28.5 Å². The third-order valence-electron chi connectivity index (χ3n) is 4.09. The van der Waals surface area contributed by atoms with Gasteiger partial charge in [0.15, 0.2) is 5.82 Å². The average Bonchev–Trinajstić information content (AvgIpc) is 3.14. The lowest BCUT2D eigenvalue weighted by molar-refractivity contribution is 0.00921. The molecule has 10 nitrogen and oxygen atoms in total. The minimum atomic E-state index is -0.905. The molecular formula is C14H19N7O3. The summed E-state index contributed by atoms with van der Waals surface area (Å²) < 4.78 is 6.92. The first-order valence-electron chi connectivity index (χ1n) is 7.59. The molecule has 1 saturated heterocycles. The molecule has 128 valence electrons. The lowest BCUT2D eigenvalue weighted by Crippen LogP contribution is -2.54. The molecule has 0 aliphatic carbocycles. The highest BCUT2D eigenvalue weighted by atomic mass is 16.5. The van der Waals surface area contributed by atoms with E-state index >= 15 is 0 Å². The third-order valence-corrected chi connectivity index (χ3v) is 4.09. The zero-order chi connectivity index (χ0) is 16.9. The first kappa shape index (κ1) is 16.3. The van der Waals surface area contributed by atoms with Gasteiger partial charge in [0.05, 0.1) is 12.6 Å². The van der Waals surface area contributed by atoms with E-state index in [1.807, 2.05) is 12.1 Å². The van der Waals surface area contributed by atoms with Gasteiger partial charge in [0.1, 0.15) is 6.33 Å². The van der Waals surface area contributed by atoms with Crippen molar-refractivity contribution in [3.8, 4) is 5.82 Å². The number of rotatable bonds is 5. The van der Waals surface area contributed by atoms with Crippen LogP contribution in [0.2, 0.25) is 0 Å². The maximum absolute atomic E-state index is 11.1. The second kappa shape index (κ2) is 7.32. The van der Waals surface area contributed by atoms with E-state index in [4.69, 9.17) is 9.84 Å². The summed E-state index contributed by atoms with van der Waals surface area (Å²) in [5.74, 6) is 0.647. The Hall–Kier alpha value is -2.59. The van der Waals surface area contributed by atoms with Gasteiger partial charge in [0, 0.05) is 32.4 Å². The molecule has 0 aromatic carbocycles. The summed E-state index contributed by atoms with van der Waals surface area (Å²) in [5.41, 5.74) is 1.02. The van der Waals surface area contributed by atoms with Gasteiger partial charge >= 0.3 is 6.09 Å². The normalized spacial score (nSPS) is 21.0. The lowest BCUT2D eigenvalue weighted by Gasteiger charge is -2.36. The number of carboxylic acid groups (broad SMARTS) is 1. The standard InChI is InChI=1S/C14H19N7O3/c1-24-12-8-20(14(22)23)5-4-11(12)15-6-10-2-3-13(16-7-10)21-9-17-18-19-21/h2-3,7,9,11-12,15H,4-6,8H2,1H3,(H,22,23). The van der Waals surface area contributed by atoms with Crippen LogP contribution in [0, 0.1) is 0 Å². The smallest absolute Gasteiger partial charge is 0.407 e. The van der Waals surface area contributed by atoms with Crippen LogP contribution >= 0.6 is 0 Å². The highest BCUT2D eigenvalue weighted by molar-refractivity contribution is 5.65. The molecule has 1 fully saturated rings. The van der Waals surface area contributed by atoms with Crippen molar-refractivity contribution in [1.29, 1.82) is 0 Å². The highest BCUT2D eigenvalue weighted by Crippen LogP contribution is 2.15.